The van der Waals surface area contributed by atoms with Crippen molar-refractivity contribution in [3.05, 3.63) is 33.3 Å². The van der Waals surface area contributed by atoms with Crippen LogP contribution in [0.5, 0.6) is 0 Å². The highest BCUT2D eigenvalue weighted by Crippen LogP contribution is 2.22. The third kappa shape index (κ3) is 3.79. The molecule has 5 heteroatoms. The number of rotatable bonds is 4. The highest BCUT2D eigenvalue weighted by Gasteiger charge is 2.14. The molecule has 1 saturated heterocycles. The Hall–Kier alpha value is -0.420. The Kier molecular flexibility index (Phi) is 5.18. The van der Waals surface area contributed by atoms with Gasteiger partial charge in [-0.1, -0.05) is 27.5 Å². The van der Waals surface area contributed by atoms with Crippen LogP contribution in [0.15, 0.2) is 22.7 Å². The largest absolute Gasteiger partial charge is 0.379 e. The fourth-order valence-corrected chi connectivity index (χ4v) is 2.71. The molecule has 0 radical (unpaired) electrons. The number of benzene rings is 1. The van der Waals surface area contributed by atoms with Crippen LogP contribution in [0.2, 0.25) is 5.02 Å². The van der Waals surface area contributed by atoms with Gasteiger partial charge in [0.25, 0.3) is 0 Å². The van der Waals surface area contributed by atoms with Gasteiger partial charge in [-0.05, 0) is 18.2 Å². The summed E-state index contributed by atoms with van der Waals surface area (Å²) in [6.45, 7) is 4.09. The molecule has 0 aliphatic carbocycles. The summed E-state index contributed by atoms with van der Waals surface area (Å²) in [7, 11) is 0. The van der Waals surface area contributed by atoms with Crippen LogP contribution >= 0.6 is 27.5 Å². The van der Waals surface area contributed by atoms with Gasteiger partial charge in [-0.25, -0.2) is 0 Å². The fourth-order valence-electron chi connectivity index (χ4n) is 1.93. The molecule has 1 aromatic rings. The monoisotopic (exact) mass is 331 g/mol. The second kappa shape index (κ2) is 6.66. The average molecular weight is 333 g/mol. The molecule has 1 aliphatic heterocycles. The second-order valence-corrected chi connectivity index (χ2v) is 5.57. The predicted octanol–water partition coefficient (Wildman–Crippen LogP) is 3.01. The van der Waals surface area contributed by atoms with Crippen molar-refractivity contribution >= 4 is 33.3 Å². The third-order valence-electron chi connectivity index (χ3n) is 2.99. The zero-order chi connectivity index (χ0) is 13.0. The molecule has 1 heterocycles. The molecule has 98 valence electrons. The topological polar surface area (TPSA) is 29.5 Å². The van der Waals surface area contributed by atoms with E-state index in [-0.39, 0.29) is 5.78 Å². The van der Waals surface area contributed by atoms with Crippen molar-refractivity contribution in [3.63, 3.8) is 0 Å². The van der Waals surface area contributed by atoms with Crippen molar-refractivity contribution in [2.24, 2.45) is 0 Å². The van der Waals surface area contributed by atoms with Crippen LogP contribution in [0.4, 0.5) is 0 Å². The van der Waals surface area contributed by atoms with Gasteiger partial charge in [0, 0.05) is 36.1 Å². The van der Waals surface area contributed by atoms with E-state index in [1.54, 1.807) is 12.1 Å². The van der Waals surface area contributed by atoms with Crippen LogP contribution in [0.3, 0.4) is 0 Å². The summed E-state index contributed by atoms with van der Waals surface area (Å²) in [4.78, 5) is 14.3. The Morgan fingerprint density at radius 2 is 2.11 bits per heavy atom. The Balaban J connectivity index is 1.90. The third-order valence-corrected chi connectivity index (χ3v) is 3.80. The number of Topliss-reactive ketones (excluding diaryl/α,β-unsaturated/α-hetero) is 1. The van der Waals surface area contributed by atoms with E-state index in [4.69, 9.17) is 16.3 Å². The Bertz CT molecular complexity index is 433. The van der Waals surface area contributed by atoms with Crippen molar-refractivity contribution < 1.29 is 9.53 Å². The normalized spacial score (nSPS) is 16.8. The first kappa shape index (κ1) is 14.0. The first-order chi connectivity index (χ1) is 8.66. The van der Waals surface area contributed by atoms with Crippen molar-refractivity contribution in [1.29, 1.82) is 0 Å². The van der Waals surface area contributed by atoms with E-state index in [2.05, 4.69) is 20.8 Å². The Morgan fingerprint density at radius 3 is 2.78 bits per heavy atom. The van der Waals surface area contributed by atoms with Gasteiger partial charge >= 0.3 is 0 Å². The smallest absolute Gasteiger partial charge is 0.165 e. The molecular weight excluding hydrogens is 318 g/mol. The van der Waals surface area contributed by atoms with Gasteiger partial charge < -0.3 is 4.74 Å². The maximum atomic E-state index is 12.1. The van der Waals surface area contributed by atoms with Gasteiger partial charge in [0.2, 0.25) is 0 Å². The minimum Gasteiger partial charge on any atom is -0.379 e. The number of ketones is 1. The maximum absolute atomic E-state index is 12.1. The fraction of sp³-hybridized carbons (Fsp3) is 0.462. The molecule has 0 N–H and O–H groups in total. The number of morpholine rings is 1. The molecule has 18 heavy (non-hydrogen) atoms. The van der Waals surface area contributed by atoms with Crippen molar-refractivity contribution in [1.82, 2.24) is 4.90 Å². The van der Waals surface area contributed by atoms with E-state index in [0.717, 1.165) is 37.3 Å². The van der Waals surface area contributed by atoms with Crippen LogP contribution < -0.4 is 0 Å². The van der Waals surface area contributed by atoms with Gasteiger partial charge in [-0.15, -0.1) is 0 Å². The molecule has 0 spiro atoms. The molecule has 0 unspecified atom stereocenters. The molecule has 0 aromatic heterocycles. The summed E-state index contributed by atoms with van der Waals surface area (Å²) in [5.41, 5.74) is 0.605. The molecule has 3 nitrogen and oxygen atoms in total. The van der Waals surface area contributed by atoms with E-state index in [9.17, 15) is 4.79 Å². The summed E-state index contributed by atoms with van der Waals surface area (Å²) < 4.78 is 6.16. The summed E-state index contributed by atoms with van der Waals surface area (Å²) in [6, 6.07) is 5.37. The lowest BCUT2D eigenvalue weighted by atomic mass is 10.1. The highest BCUT2D eigenvalue weighted by molar-refractivity contribution is 9.10. The number of ether oxygens (including phenoxy) is 1. The molecule has 0 atom stereocenters. The molecule has 1 aliphatic rings. The average Bonchev–Trinajstić information content (AvgIpc) is 2.37. The zero-order valence-electron chi connectivity index (χ0n) is 9.99. The number of nitrogens with zero attached hydrogens (tertiary/aromatic N) is 1. The summed E-state index contributed by atoms with van der Waals surface area (Å²) in [5.74, 6) is 0.0963. The van der Waals surface area contributed by atoms with Crippen LogP contribution in [0.25, 0.3) is 0 Å². The zero-order valence-corrected chi connectivity index (χ0v) is 12.3. The van der Waals surface area contributed by atoms with Crippen LogP contribution in [0, 0.1) is 0 Å². The summed E-state index contributed by atoms with van der Waals surface area (Å²) in [6.07, 6.45) is 0.501. The van der Waals surface area contributed by atoms with Crippen molar-refractivity contribution in [3.8, 4) is 0 Å². The SMILES string of the molecule is O=C(CCN1CCOCC1)c1ccc(Br)cc1Cl. The first-order valence-electron chi connectivity index (χ1n) is 5.95. The number of carbonyl (C=O) groups excluding carboxylic acids is 1. The van der Waals surface area contributed by atoms with Gasteiger partial charge in [0.05, 0.1) is 18.2 Å². The van der Waals surface area contributed by atoms with Gasteiger partial charge in [-0.3, -0.25) is 9.69 Å². The Morgan fingerprint density at radius 1 is 1.39 bits per heavy atom. The lowest BCUT2D eigenvalue weighted by Gasteiger charge is -2.26. The lowest BCUT2D eigenvalue weighted by molar-refractivity contribution is 0.0370. The molecule has 1 fully saturated rings. The summed E-state index contributed by atoms with van der Waals surface area (Å²) in [5, 5.41) is 0.511. The standard InChI is InChI=1S/C13H15BrClNO2/c14-10-1-2-11(12(15)9-10)13(17)3-4-16-5-7-18-8-6-16/h1-2,9H,3-8H2. The van der Waals surface area contributed by atoms with Crippen LogP contribution in [0.1, 0.15) is 16.8 Å². The van der Waals surface area contributed by atoms with Crippen molar-refractivity contribution in [2.45, 2.75) is 6.42 Å². The number of hydrogen-bond donors (Lipinski definition) is 0. The van der Waals surface area contributed by atoms with Crippen LogP contribution in [-0.4, -0.2) is 43.5 Å². The molecular formula is C13H15BrClNO2. The molecule has 0 saturated carbocycles. The van der Waals surface area contributed by atoms with E-state index >= 15 is 0 Å². The highest BCUT2D eigenvalue weighted by atomic mass is 79.9. The first-order valence-corrected chi connectivity index (χ1v) is 7.12. The minimum atomic E-state index is 0.0963. The quantitative estimate of drug-likeness (QED) is 0.794. The molecule has 2 rings (SSSR count). The van der Waals surface area contributed by atoms with Gasteiger partial charge in [0.15, 0.2) is 5.78 Å². The lowest BCUT2D eigenvalue weighted by Crippen LogP contribution is -2.37. The second-order valence-electron chi connectivity index (χ2n) is 4.25. The van der Waals surface area contributed by atoms with Gasteiger partial charge in [0.1, 0.15) is 0 Å². The maximum Gasteiger partial charge on any atom is 0.165 e. The number of carbonyl (C=O) groups is 1. The van der Waals surface area contributed by atoms with Crippen molar-refractivity contribution in [2.75, 3.05) is 32.8 Å². The minimum absolute atomic E-state index is 0.0963. The summed E-state index contributed by atoms with van der Waals surface area (Å²) >= 11 is 9.39. The van der Waals surface area contributed by atoms with E-state index < -0.39 is 0 Å². The van der Waals surface area contributed by atoms with E-state index in [0.29, 0.717) is 17.0 Å². The molecule has 1 aromatic carbocycles. The Labute approximate surface area is 120 Å². The molecule has 0 bridgehead atoms. The number of hydrogen-bond acceptors (Lipinski definition) is 3. The molecule has 0 amide bonds. The number of halogens is 2. The predicted molar refractivity (Wildman–Crippen MR) is 75.4 cm³/mol. The van der Waals surface area contributed by atoms with E-state index in [1.807, 2.05) is 6.07 Å². The van der Waals surface area contributed by atoms with Crippen LogP contribution in [-0.2, 0) is 4.74 Å². The van der Waals surface area contributed by atoms with Gasteiger partial charge in [-0.2, -0.15) is 0 Å². The van der Waals surface area contributed by atoms with E-state index in [1.165, 1.54) is 0 Å².